The van der Waals surface area contributed by atoms with Crippen molar-refractivity contribution in [2.75, 3.05) is 13.2 Å². The van der Waals surface area contributed by atoms with Crippen LogP contribution in [0.3, 0.4) is 0 Å². The van der Waals surface area contributed by atoms with Crippen molar-refractivity contribution in [1.82, 2.24) is 8.87 Å². The van der Waals surface area contributed by atoms with Crippen LogP contribution in [0.2, 0.25) is 0 Å². The molecule has 1 aliphatic heterocycles. The molecule has 3 heterocycles. The van der Waals surface area contributed by atoms with E-state index < -0.39 is 38.0 Å². The lowest BCUT2D eigenvalue weighted by Gasteiger charge is -2.20. The maximum absolute atomic E-state index is 13.2. The first-order valence-corrected chi connectivity index (χ1v) is 15.2. The first-order valence-electron chi connectivity index (χ1n) is 10.5. The fourth-order valence-corrected chi connectivity index (χ4v) is 8.23. The molecule has 1 atom stereocenters. The van der Waals surface area contributed by atoms with Gasteiger partial charge in [0.05, 0.1) is 21.7 Å². The Labute approximate surface area is 209 Å². The molecule has 1 aliphatic rings. The molecule has 3 aromatic rings. The predicted octanol–water partition coefficient (Wildman–Crippen LogP) is 1.26. The Balaban J connectivity index is 1.78. The van der Waals surface area contributed by atoms with Gasteiger partial charge in [-0.25, -0.2) is 22.0 Å². The molecule has 0 spiro atoms. The highest BCUT2D eigenvalue weighted by Crippen LogP contribution is 2.29. The number of primary sulfonamides is 1. The van der Waals surface area contributed by atoms with Gasteiger partial charge in [-0.05, 0) is 49.4 Å². The van der Waals surface area contributed by atoms with Gasteiger partial charge in [0.1, 0.15) is 16.8 Å². The monoisotopic (exact) mass is 558 g/mol. The Morgan fingerprint density at radius 3 is 2.66 bits per heavy atom. The number of hydrogen-bond donors (Lipinski definition) is 1. The van der Waals surface area contributed by atoms with E-state index in [9.17, 15) is 26.4 Å². The summed E-state index contributed by atoms with van der Waals surface area (Å²) in [6.45, 7) is 1.74. The van der Waals surface area contributed by atoms with E-state index in [1.807, 2.05) is 0 Å². The van der Waals surface area contributed by atoms with Crippen LogP contribution in [0.5, 0.6) is 0 Å². The molecule has 2 aromatic heterocycles. The minimum Gasteiger partial charge on any atom is -0.465 e. The number of amides is 1. The van der Waals surface area contributed by atoms with Gasteiger partial charge in [-0.2, -0.15) is 9.30 Å². The average Bonchev–Trinajstić information content (AvgIpc) is 3.54. The van der Waals surface area contributed by atoms with Crippen LogP contribution in [-0.4, -0.2) is 56.8 Å². The van der Waals surface area contributed by atoms with Gasteiger partial charge in [-0.3, -0.25) is 9.59 Å². The maximum Gasteiger partial charge on any atom is 0.326 e. The van der Waals surface area contributed by atoms with Crippen LogP contribution in [0.1, 0.15) is 19.8 Å². The zero-order valence-corrected chi connectivity index (χ0v) is 21.8. The lowest BCUT2D eigenvalue weighted by molar-refractivity contribution is -0.143. The molecule has 15 heteroatoms. The third-order valence-electron chi connectivity index (χ3n) is 5.33. The van der Waals surface area contributed by atoms with E-state index in [1.54, 1.807) is 18.4 Å². The number of carbonyl (C=O) groups is 2. The van der Waals surface area contributed by atoms with Crippen LogP contribution >= 0.6 is 22.7 Å². The molecule has 2 N–H and O–H groups in total. The number of sulfonamides is 2. The van der Waals surface area contributed by atoms with Crippen LogP contribution in [0.15, 0.2) is 49.8 Å². The van der Waals surface area contributed by atoms with Crippen molar-refractivity contribution in [2.45, 2.75) is 41.5 Å². The minimum atomic E-state index is -3.98. The van der Waals surface area contributed by atoms with Crippen molar-refractivity contribution >= 4 is 64.8 Å². The number of hydrogen-bond acceptors (Lipinski definition) is 9. The molecule has 0 bridgehead atoms. The van der Waals surface area contributed by atoms with E-state index in [0.29, 0.717) is 23.1 Å². The number of rotatable bonds is 7. The second kappa shape index (κ2) is 9.91. The summed E-state index contributed by atoms with van der Waals surface area (Å²) >= 11 is 2.06. The average molecular weight is 559 g/mol. The summed E-state index contributed by atoms with van der Waals surface area (Å²) in [5.74, 6) is -1.24. The second-order valence-electron chi connectivity index (χ2n) is 7.61. The van der Waals surface area contributed by atoms with Gasteiger partial charge in [0.2, 0.25) is 10.0 Å². The number of carbonyl (C=O) groups excluding carboxylic acids is 2. The van der Waals surface area contributed by atoms with E-state index in [4.69, 9.17) is 9.88 Å². The van der Waals surface area contributed by atoms with E-state index in [-0.39, 0.29) is 33.6 Å². The van der Waals surface area contributed by atoms with Crippen molar-refractivity contribution in [2.24, 2.45) is 10.1 Å². The summed E-state index contributed by atoms with van der Waals surface area (Å²) in [7, 11) is -7.83. The summed E-state index contributed by atoms with van der Waals surface area (Å²) in [4.78, 5) is 29.6. The molecule has 11 nitrogen and oxygen atoms in total. The van der Waals surface area contributed by atoms with Crippen LogP contribution in [0, 0.1) is 0 Å². The molecule has 0 saturated carbocycles. The molecule has 0 aliphatic carbocycles. The molecular formula is C20H22N4O7S4. The van der Waals surface area contributed by atoms with Crippen molar-refractivity contribution in [3.8, 4) is 0 Å². The van der Waals surface area contributed by atoms with E-state index in [2.05, 4.69) is 4.99 Å². The lowest BCUT2D eigenvalue weighted by Crippen LogP contribution is -2.40. The number of ether oxygens (including phenoxy) is 1. The molecule has 35 heavy (non-hydrogen) atoms. The summed E-state index contributed by atoms with van der Waals surface area (Å²) < 4.78 is 57.8. The summed E-state index contributed by atoms with van der Waals surface area (Å²) in [6, 6.07) is 6.23. The number of nitrogens with two attached hydrogens (primary N) is 1. The summed E-state index contributed by atoms with van der Waals surface area (Å²) in [5, 5.41) is 6.88. The van der Waals surface area contributed by atoms with Gasteiger partial charge >= 0.3 is 5.97 Å². The van der Waals surface area contributed by atoms with E-state index >= 15 is 0 Å². The van der Waals surface area contributed by atoms with Crippen molar-refractivity contribution in [3.63, 3.8) is 0 Å². The summed E-state index contributed by atoms with van der Waals surface area (Å²) in [5.41, 5.74) is 0.455. The van der Waals surface area contributed by atoms with Gasteiger partial charge in [-0.1, -0.05) is 17.4 Å². The van der Waals surface area contributed by atoms with Crippen molar-refractivity contribution in [1.29, 1.82) is 0 Å². The SMILES string of the molecule is CCOC(=O)Cn1c(=NC(=O)C2CCCN2S(=O)(=O)c2cccs2)sc2cc(S(N)(=O)=O)ccc21. The summed E-state index contributed by atoms with van der Waals surface area (Å²) in [6.07, 6.45) is 0.814. The lowest BCUT2D eigenvalue weighted by atomic mass is 10.2. The Kier molecular flexibility index (Phi) is 7.26. The molecule has 188 valence electrons. The van der Waals surface area contributed by atoms with Crippen molar-refractivity contribution in [3.05, 3.63) is 40.5 Å². The smallest absolute Gasteiger partial charge is 0.326 e. The zero-order valence-electron chi connectivity index (χ0n) is 18.5. The molecule has 1 unspecified atom stereocenters. The number of nitrogens with zero attached hydrogens (tertiary/aromatic N) is 3. The Morgan fingerprint density at radius 2 is 2.00 bits per heavy atom. The molecule has 0 radical (unpaired) electrons. The predicted molar refractivity (Wildman–Crippen MR) is 130 cm³/mol. The number of thiophene rings is 1. The third kappa shape index (κ3) is 5.24. The standard InChI is InChI=1S/C20H22N4O7S4/c1-2-31-17(25)12-23-14-8-7-13(34(21,27)28)11-16(14)33-20(23)22-19(26)15-5-3-9-24(15)35(29,30)18-6-4-10-32-18/h4,6-8,10-11,15H,2-3,5,9,12H2,1H3,(H2,21,27,28). The Hall–Kier alpha value is -2.43. The fraction of sp³-hybridized carbons (Fsp3) is 0.350. The quantitative estimate of drug-likeness (QED) is 0.427. The third-order valence-corrected chi connectivity index (χ3v) is 10.6. The highest BCUT2D eigenvalue weighted by molar-refractivity contribution is 7.91. The van der Waals surface area contributed by atoms with Gasteiger partial charge in [0.25, 0.3) is 15.9 Å². The van der Waals surface area contributed by atoms with E-state index in [0.717, 1.165) is 27.0 Å². The number of thiazole rings is 1. The molecule has 1 saturated heterocycles. The Morgan fingerprint density at radius 1 is 1.23 bits per heavy atom. The number of aromatic nitrogens is 1. The molecule has 1 fully saturated rings. The number of benzene rings is 1. The number of fused-ring (bicyclic) bond motifs is 1. The fourth-order valence-electron chi connectivity index (χ4n) is 3.77. The largest absolute Gasteiger partial charge is 0.465 e. The van der Waals surface area contributed by atoms with Crippen LogP contribution < -0.4 is 9.94 Å². The molecule has 1 amide bonds. The maximum atomic E-state index is 13.2. The highest BCUT2D eigenvalue weighted by atomic mass is 32.2. The van der Waals surface area contributed by atoms with Gasteiger partial charge in [-0.15, -0.1) is 11.3 Å². The second-order valence-corrected chi connectivity index (χ2v) is 13.2. The Bertz CT molecular complexity index is 1550. The first kappa shape index (κ1) is 25.7. The van der Waals surface area contributed by atoms with Crippen LogP contribution in [0.25, 0.3) is 10.2 Å². The van der Waals surface area contributed by atoms with Crippen molar-refractivity contribution < 1.29 is 31.2 Å². The van der Waals surface area contributed by atoms with Gasteiger partial charge < -0.3 is 9.30 Å². The van der Waals surface area contributed by atoms with E-state index in [1.165, 1.54) is 28.8 Å². The normalized spacial score (nSPS) is 17.8. The first-order chi connectivity index (χ1) is 16.5. The molecule has 1 aromatic carbocycles. The number of esters is 1. The topological polar surface area (TPSA) is 158 Å². The van der Waals surface area contributed by atoms with Gasteiger partial charge in [0, 0.05) is 6.54 Å². The zero-order chi connectivity index (χ0) is 25.4. The van der Waals surface area contributed by atoms with Crippen LogP contribution in [-0.2, 0) is 40.9 Å². The highest BCUT2D eigenvalue weighted by Gasteiger charge is 2.40. The van der Waals surface area contributed by atoms with Gasteiger partial charge in [0.15, 0.2) is 4.80 Å². The van der Waals surface area contributed by atoms with Crippen LogP contribution in [0.4, 0.5) is 0 Å². The minimum absolute atomic E-state index is 0.116. The molecular weight excluding hydrogens is 537 g/mol. The molecule has 4 rings (SSSR count).